The highest BCUT2D eigenvalue weighted by atomic mass is 79.9. The van der Waals surface area contributed by atoms with Crippen LogP contribution in [0.2, 0.25) is 0 Å². The predicted octanol–water partition coefficient (Wildman–Crippen LogP) is 3.61. The molecule has 0 aromatic carbocycles. The fourth-order valence-corrected chi connectivity index (χ4v) is 2.48. The zero-order valence-electron chi connectivity index (χ0n) is 12.9. The summed E-state index contributed by atoms with van der Waals surface area (Å²) in [7, 11) is 1.79. The fraction of sp³-hybridized carbons (Fsp3) is 0.467. The minimum absolute atomic E-state index is 0.0520. The Bertz CT molecular complexity index is 692. The first kappa shape index (κ1) is 15.8. The summed E-state index contributed by atoms with van der Waals surface area (Å²) in [4.78, 5) is 16.8. The molecule has 0 aliphatic carbocycles. The highest BCUT2D eigenvalue weighted by Gasteiger charge is 2.25. The molecule has 2 heterocycles. The largest absolute Gasteiger partial charge is 0.488 e. The standard InChI is InChI=1S/C15H19BrN2O3/c1-6-20-15(19)12-13(21-8(2)3)10-7-11(16)9(4)17-14(10)18(12)5/h7-8H,6H2,1-5H3. The summed E-state index contributed by atoms with van der Waals surface area (Å²) >= 11 is 3.47. The quantitative estimate of drug-likeness (QED) is 0.787. The highest BCUT2D eigenvalue weighted by Crippen LogP contribution is 2.35. The number of rotatable bonds is 4. The van der Waals surface area contributed by atoms with E-state index in [0.717, 1.165) is 15.6 Å². The number of hydrogen-bond donors (Lipinski definition) is 0. The number of carbonyl (C=O) groups excluding carboxylic acids is 1. The van der Waals surface area contributed by atoms with Crippen LogP contribution in [0.5, 0.6) is 5.75 Å². The molecule has 0 radical (unpaired) electrons. The molecule has 6 heteroatoms. The van der Waals surface area contributed by atoms with Gasteiger partial charge in [-0.15, -0.1) is 0 Å². The van der Waals surface area contributed by atoms with E-state index < -0.39 is 5.97 Å². The van der Waals surface area contributed by atoms with Gasteiger partial charge in [0.1, 0.15) is 5.65 Å². The first-order chi connectivity index (χ1) is 9.86. The van der Waals surface area contributed by atoms with Crippen LogP contribution in [0.15, 0.2) is 10.5 Å². The van der Waals surface area contributed by atoms with Gasteiger partial charge in [0.25, 0.3) is 0 Å². The second-order valence-electron chi connectivity index (χ2n) is 5.05. The Labute approximate surface area is 132 Å². The van der Waals surface area contributed by atoms with E-state index in [4.69, 9.17) is 9.47 Å². The lowest BCUT2D eigenvalue weighted by Gasteiger charge is -2.11. The number of hydrogen-bond acceptors (Lipinski definition) is 4. The van der Waals surface area contributed by atoms with Crippen molar-refractivity contribution in [1.82, 2.24) is 9.55 Å². The Kier molecular flexibility index (Phi) is 4.56. The van der Waals surface area contributed by atoms with E-state index in [9.17, 15) is 4.79 Å². The van der Waals surface area contributed by atoms with E-state index in [2.05, 4.69) is 20.9 Å². The van der Waals surface area contributed by atoms with Crippen LogP contribution >= 0.6 is 15.9 Å². The van der Waals surface area contributed by atoms with Crippen molar-refractivity contribution in [3.63, 3.8) is 0 Å². The molecule has 0 amide bonds. The molecule has 0 saturated carbocycles. The van der Waals surface area contributed by atoms with E-state index in [1.54, 1.807) is 18.5 Å². The van der Waals surface area contributed by atoms with Crippen LogP contribution < -0.4 is 4.74 Å². The van der Waals surface area contributed by atoms with Crippen molar-refractivity contribution in [2.24, 2.45) is 7.05 Å². The Morgan fingerprint density at radius 1 is 1.48 bits per heavy atom. The van der Waals surface area contributed by atoms with Crippen molar-refractivity contribution < 1.29 is 14.3 Å². The van der Waals surface area contributed by atoms with E-state index >= 15 is 0 Å². The summed E-state index contributed by atoms with van der Waals surface area (Å²) < 4.78 is 13.6. The maximum atomic E-state index is 12.2. The SMILES string of the molecule is CCOC(=O)c1c(OC(C)C)c2cc(Br)c(C)nc2n1C. The van der Waals surface area contributed by atoms with Crippen LogP contribution in [0.25, 0.3) is 11.0 Å². The van der Waals surface area contributed by atoms with Gasteiger partial charge in [-0.2, -0.15) is 0 Å². The normalized spacial score (nSPS) is 11.2. The Hall–Kier alpha value is -1.56. The van der Waals surface area contributed by atoms with Gasteiger partial charge in [-0.3, -0.25) is 0 Å². The lowest BCUT2D eigenvalue weighted by molar-refractivity contribution is 0.0509. The van der Waals surface area contributed by atoms with Gasteiger partial charge in [-0.05, 0) is 49.7 Å². The molecule has 21 heavy (non-hydrogen) atoms. The number of carbonyl (C=O) groups is 1. The topological polar surface area (TPSA) is 53.4 Å². The molecule has 2 aromatic rings. The predicted molar refractivity (Wildman–Crippen MR) is 84.9 cm³/mol. The average Bonchev–Trinajstić information content (AvgIpc) is 2.63. The minimum Gasteiger partial charge on any atom is -0.488 e. The smallest absolute Gasteiger partial charge is 0.358 e. The van der Waals surface area contributed by atoms with Gasteiger partial charge < -0.3 is 14.0 Å². The van der Waals surface area contributed by atoms with E-state index in [0.29, 0.717) is 23.7 Å². The second kappa shape index (κ2) is 6.05. The van der Waals surface area contributed by atoms with Gasteiger partial charge in [-0.1, -0.05) is 0 Å². The van der Waals surface area contributed by atoms with Crippen LogP contribution in [0.3, 0.4) is 0 Å². The summed E-state index contributed by atoms with van der Waals surface area (Å²) in [6.45, 7) is 7.85. The van der Waals surface area contributed by atoms with Crippen LogP contribution in [0.1, 0.15) is 37.0 Å². The fourth-order valence-electron chi connectivity index (χ4n) is 2.16. The van der Waals surface area contributed by atoms with Crippen LogP contribution in [-0.4, -0.2) is 28.2 Å². The average molecular weight is 355 g/mol. The van der Waals surface area contributed by atoms with Gasteiger partial charge in [0.15, 0.2) is 11.4 Å². The number of aromatic nitrogens is 2. The van der Waals surface area contributed by atoms with Crippen molar-refractivity contribution in [3.05, 3.63) is 21.9 Å². The first-order valence-corrected chi connectivity index (χ1v) is 7.65. The van der Waals surface area contributed by atoms with Crippen LogP contribution in [0, 0.1) is 6.92 Å². The molecule has 0 unspecified atom stereocenters. The molecule has 114 valence electrons. The maximum Gasteiger partial charge on any atom is 0.358 e. The van der Waals surface area contributed by atoms with E-state index in [-0.39, 0.29) is 6.10 Å². The number of ether oxygens (including phenoxy) is 2. The number of aryl methyl sites for hydroxylation is 2. The molecule has 0 spiro atoms. The van der Waals surface area contributed by atoms with Crippen molar-refractivity contribution in [3.8, 4) is 5.75 Å². The molecule has 0 N–H and O–H groups in total. The van der Waals surface area contributed by atoms with Gasteiger partial charge >= 0.3 is 5.97 Å². The number of nitrogens with zero attached hydrogens (tertiary/aromatic N) is 2. The zero-order valence-corrected chi connectivity index (χ0v) is 14.4. The Balaban J connectivity index is 2.75. The summed E-state index contributed by atoms with van der Waals surface area (Å²) in [5.41, 5.74) is 1.95. The second-order valence-corrected chi connectivity index (χ2v) is 5.90. The lowest BCUT2D eigenvalue weighted by Crippen LogP contribution is -2.14. The molecule has 0 aliphatic rings. The molecule has 0 bridgehead atoms. The van der Waals surface area contributed by atoms with Crippen LogP contribution in [-0.2, 0) is 11.8 Å². The summed E-state index contributed by atoms with van der Waals surface area (Å²) in [6, 6.07) is 1.93. The van der Waals surface area contributed by atoms with Gasteiger partial charge in [-0.25, -0.2) is 9.78 Å². The van der Waals surface area contributed by atoms with Gasteiger partial charge in [0.05, 0.1) is 23.8 Å². The first-order valence-electron chi connectivity index (χ1n) is 6.86. The van der Waals surface area contributed by atoms with Gasteiger partial charge in [0.2, 0.25) is 0 Å². The molecule has 0 saturated heterocycles. The monoisotopic (exact) mass is 354 g/mol. The van der Waals surface area contributed by atoms with Gasteiger partial charge in [0, 0.05) is 11.5 Å². The molecule has 0 atom stereocenters. The molecule has 5 nitrogen and oxygen atoms in total. The van der Waals surface area contributed by atoms with Crippen LogP contribution in [0.4, 0.5) is 0 Å². The zero-order chi connectivity index (χ0) is 15.7. The summed E-state index contributed by atoms with van der Waals surface area (Å²) in [5.74, 6) is 0.122. The molecule has 0 aliphatic heterocycles. The number of esters is 1. The molecular formula is C15H19BrN2O3. The molecule has 2 aromatic heterocycles. The molecule has 0 fully saturated rings. The third kappa shape index (κ3) is 2.90. The maximum absolute atomic E-state index is 12.2. The highest BCUT2D eigenvalue weighted by molar-refractivity contribution is 9.10. The number of pyridine rings is 1. The summed E-state index contributed by atoms with van der Waals surface area (Å²) in [6.07, 6.45) is -0.0520. The lowest BCUT2D eigenvalue weighted by atomic mass is 10.2. The minimum atomic E-state index is -0.401. The summed E-state index contributed by atoms with van der Waals surface area (Å²) in [5, 5.41) is 0.798. The van der Waals surface area contributed by atoms with Crippen molar-refractivity contribution in [2.75, 3.05) is 6.61 Å². The third-order valence-corrected chi connectivity index (χ3v) is 3.87. The molecular weight excluding hydrogens is 336 g/mol. The van der Waals surface area contributed by atoms with E-state index in [1.165, 1.54) is 0 Å². The Morgan fingerprint density at radius 2 is 2.14 bits per heavy atom. The van der Waals surface area contributed by atoms with Crippen molar-refractivity contribution in [1.29, 1.82) is 0 Å². The van der Waals surface area contributed by atoms with Crippen molar-refractivity contribution >= 4 is 32.9 Å². The number of halogens is 1. The van der Waals surface area contributed by atoms with Crippen molar-refractivity contribution in [2.45, 2.75) is 33.8 Å². The Morgan fingerprint density at radius 3 is 2.71 bits per heavy atom. The third-order valence-electron chi connectivity index (χ3n) is 3.07. The van der Waals surface area contributed by atoms with E-state index in [1.807, 2.05) is 26.8 Å². The molecule has 2 rings (SSSR count). The number of fused-ring (bicyclic) bond motifs is 1.